The first-order valence-corrected chi connectivity index (χ1v) is 6.31. The van der Waals surface area contributed by atoms with E-state index in [2.05, 4.69) is 10.3 Å². The van der Waals surface area contributed by atoms with Crippen LogP contribution < -0.4 is 9.47 Å². The van der Waals surface area contributed by atoms with Gasteiger partial charge in [-0.1, -0.05) is 23.4 Å². The number of aromatic nitrogens is 3. The topological polar surface area (TPSA) is 49.2 Å². The molecule has 0 unspecified atom stereocenters. The van der Waals surface area contributed by atoms with Gasteiger partial charge >= 0.3 is 0 Å². The lowest BCUT2D eigenvalue weighted by Gasteiger charge is -2.09. The summed E-state index contributed by atoms with van der Waals surface area (Å²) in [6.07, 6.45) is 0. The fourth-order valence-electron chi connectivity index (χ4n) is 2.19. The highest BCUT2D eigenvalue weighted by atomic mass is 16.5. The Morgan fingerprint density at radius 2 is 1.80 bits per heavy atom. The number of hydrogen-bond donors (Lipinski definition) is 0. The number of fused-ring (bicyclic) bond motifs is 1. The Morgan fingerprint density at radius 1 is 1.00 bits per heavy atom. The quantitative estimate of drug-likeness (QED) is 0.730. The third-order valence-electron chi connectivity index (χ3n) is 3.20. The van der Waals surface area contributed by atoms with E-state index in [0.29, 0.717) is 6.54 Å². The van der Waals surface area contributed by atoms with E-state index in [9.17, 15) is 0 Å². The van der Waals surface area contributed by atoms with Crippen LogP contribution in [0.25, 0.3) is 11.0 Å². The third-order valence-corrected chi connectivity index (χ3v) is 3.20. The van der Waals surface area contributed by atoms with Crippen molar-refractivity contribution in [3.8, 4) is 11.5 Å². The second-order valence-corrected chi connectivity index (χ2v) is 4.43. The Balaban J connectivity index is 1.95. The summed E-state index contributed by atoms with van der Waals surface area (Å²) >= 11 is 0. The number of nitrogens with zero attached hydrogens (tertiary/aromatic N) is 3. The Bertz CT molecular complexity index is 737. The summed E-state index contributed by atoms with van der Waals surface area (Å²) in [5, 5.41) is 8.33. The van der Waals surface area contributed by atoms with Crippen molar-refractivity contribution >= 4 is 11.0 Å². The average molecular weight is 269 g/mol. The molecule has 0 saturated heterocycles. The molecule has 0 spiro atoms. The first kappa shape index (κ1) is 12.5. The Hall–Kier alpha value is -2.56. The molecule has 0 bridgehead atoms. The molecule has 0 saturated carbocycles. The lowest BCUT2D eigenvalue weighted by molar-refractivity contribution is 0.354. The van der Waals surface area contributed by atoms with Gasteiger partial charge in [0.05, 0.1) is 26.3 Å². The normalized spacial score (nSPS) is 10.7. The Kier molecular flexibility index (Phi) is 3.25. The molecule has 0 amide bonds. The van der Waals surface area contributed by atoms with Crippen molar-refractivity contribution in [2.75, 3.05) is 14.2 Å². The van der Waals surface area contributed by atoms with Gasteiger partial charge in [0.15, 0.2) is 11.5 Å². The zero-order chi connectivity index (χ0) is 13.9. The molecule has 5 nitrogen and oxygen atoms in total. The summed E-state index contributed by atoms with van der Waals surface area (Å²) in [6.45, 7) is 0.640. The molecule has 2 aromatic carbocycles. The van der Waals surface area contributed by atoms with Crippen molar-refractivity contribution in [3.63, 3.8) is 0 Å². The average Bonchev–Trinajstić information content (AvgIpc) is 2.90. The minimum absolute atomic E-state index is 0.640. The number of benzene rings is 2. The minimum Gasteiger partial charge on any atom is -0.493 e. The summed E-state index contributed by atoms with van der Waals surface area (Å²) in [7, 11) is 3.26. The second-order valence-electron chi connectivity index (χ2n) is 4.43. The van der Waals surface area contributed by atoms with Crippen LogP contribution in [-0.2, 0) is 6.54 Å². The van der Waals surface area contributed by atoms with Crippen LogP contribution in [0.4, 0.5) is 0 Å². The van der Waals surface area contributed by atoms with Crippen LogP contribution in [0.15, 0.2) is 42.5 Å². The predicted octanol–water partition coefficient (Wildman–Crippen LogP) is 2.50. The Labute approximate surface area is 116 Å². The van der Waals surface area contributed by atoms with Crippen LogP contribution in [0, 0.1) is 0 Å². The number of hydrogen-bond acceptors (Lipinski definition) is 4. The fourth-order valence-corrected chi connectivity index (χ4v) is 2.19. The monoisotopic (exact) mass is 269 g/mol. The molecule has 0 atom stereocenters. The standard InChI is InChI=1S/C15H15N3O2/c1-19-14-8-7-11(9-15(14)20-2)10-18-13-6-4-3-5-12(13)16-17-18/h3-9H,10H2,1-2H3. The minimum atomic E-state index is 0.640. The van der Waals surface area contributed by atoms with Crippen molar-refractivity contribution in [3.05, 3.63) is 48.0 Å². The van der Waals surface area contributed by atoms with E-state index in [1.54, 1.807) is 14.2 Å². The van der Waals surface area contributed by atoms with Gasteiger partial charge in [-0.05, 0) is 29.8 Å². The summed E-state index contributed by atoms with van der Waals surface area (Å²) in [5.41, 5.74) is 2.99. The smallest absolute Gasteiger partial charge is 0.161 e. The van der Waals surface area contributed by atoms with E-state index in [-0.39, 0.29) is 0 Å². The third kappa shape index (κ3) is 2.18. The molecular weight excluding hydrogens is 254 g/mol. The van der Waals surface area contributed by atoms with Crippen LogP contribution in [0.5, 0.6) is 11.5 Å². The molecular formula is C15H15N3O2. The first-order chi connectivity index (χ1) is 9.81. The van der Waals surface area contributed by atoms with E-state index in [1.165, 1.54) is 0 Å². The van der Waals surface area contributed by atoms with Gasteiger partial charge in [0, 0.05) is 0 Å². The molecule has 1 aromatic heterocycles. The maximum atomic E-state index is 5.31. The lowest BCUT2D eigenvalue weighted by atomic mass is 10.2. The van der Waals surface area contributed by atoms with Gasteiger partial charge in [-0.25, -0.2) is 4.68 Å². The largest absolute Gasteiger partial charge is 0.493 e. The van der Waals surface area contributed by atoms with Gasteiger partial charge in [-0.2, -0.15) is 0 Å². The highest BCUT2D eigenvalue weighted by Crippen LogP contribution is 2.28. The number of methoxy groups -OCH3 is 2. The summed E-state index contributed by atoms with van der Waals surface area (Å²) in [5.74, 6) is 1.44. The zero-order valence-corrected chi connectivity index (χ0v) is 11.4. The molecule has 3 rings (SSSR count). The first-order valence-electron chi connectivity index (χ1n) is 6.31. The molecule has 0 aliphatic rings. The highest BCUT2D eigenvalue weighted by molar-refractivity contribution is 5.73. The van der Waals surface area contributed by atoms with Crippen LogP contribution in [0.3, 0.4) is 0 Å². The van der Waals surface area contributed by atoms with Gasteiger partial charge in [0.1, 0.15) is 5.52 Å². The Morgan fingerprint density at radius 3 is 2.60 bits per heavy atom. The lowest BCUT2D eigenvalue weighted by Crippen LogP contribution is -2.02. The van der Waals surface area contributed by atoms with Crippen molar-refractivity contribution in [2.24, 2.45) is 0 Å². The van der Waals surface area contributed by atoms with Crippen molar-refractivity contribution in [1.82, 2.24) is 15.0 Å². The molecule has 102 valence electrons. The molecule has 5 heteroatoms. The molecule has 0 fully saturated rings. The second kappa shape index (κ2) is 5.21. The van der Waals surface area contributed by atoms with E-state index in [4.69, 9.17) is 9.47 Å². The molecule has 20 heavy (non-hydrogen) atoms. The van der Waals surface area contributed by atoms with E-state index < -0.39 is 0 Å². The van der Waals surface area contributed by atoms with Gasteiger partial charge in [-0.15, -0.1) is 5.10 Å². The maximum absolute atomic E-state index is 5.31. The molecule has 1 heterocycles. The maximum Gasteiger partial charge on any atom is 0.161 e. The van der Waals surface area contributed by atoms with Crippen molar-refractivity contribution in [1.29, 1.82) is 0 Å². The van der Waals surface area contributed by atoms with Gasteiger partial charge < -0.3 is 9.47 Å². The number of ether oxygens (including phenoxy) is 2. The summed E-state index contributed by atoms with van der Waals surface area (Å²) < 4.78 is 12.4. The van der Waals surface area contributed by atoms with Gasteiger partial charge in [0.2, 0.25) is 0 Å². The molecule has 0 radical (unpaired) electrons. The van der Waals surface area contributed by atoms with Gasteiger partial charge in [0.25, 0.3) is 0 Å². The number of rotatable bonds is 4. The fraction of sp³-hybridized carbons (Fsp3) is 0.200. The molecule has 3 aromatic rings. The molecule has 0 aliphatic heterocycles. The van der Waals surface area contributed by atoms with Crippen molar-refractivity contribution < 1.29 is 9.47 Å². The van der Waals surface area contributed by atoms with E-state index in [1.807, 2.05) is 47.1 Å². The summed E-state index contributed by atoms with van der Waals surface area (Å²) in [6, 6.07) is 13.7. The molecule has 0 N–H and O–H groups in total. The van der Waals surface area contributed by atoms with Crippen molar-refractivity contribution in [2.45, 2.75) is 6.54 Å². The summed E-state index contributed by atoms with van der Waals surface area (Å²) in [4.78, 5) is 0. The predicted molar refractivity (Wildman–Crippen MR) is 76.2 cm³/mol. The van der Waals surface area contributed by atoms with E-state index >= 15 is 0 Å². The van der Waals surface area contributed by atoms with Crippen LogP contribution in [-0.4, -0.2) is 29.2 Å². The van der Waals surface area contributed by atoms with Crippen LogP contribution >= 0.6 is 0 Å². The van der Waals surface area contributed by atoms with Gasteiger partial charge in [-0.3, -0.25) is 0 Å². The van der Waals surface area contributed by atoms with Crippen LogP contribution in [0.2, 0.25) is 0 Å². The highest BCUT2D eigenvalue weighted by Gasteiger charge is 2.07. The van der Waals surface area contributed by atoms with E-state index in [0.717, 1.165) is 28.1 Å². The zero-order valence-electron chi connectivity index (χ0n) is 11.4. The van der Waals surface area contributed by atoms with Crippen LogP contribution in [0.1, 0.15) is 5.56 Å². The molecule has 0 aliphatic carbocycles. The SMILES string of the molecule is COc1ccc(Cn2nnc3ccccc32)cc1OC. The number of para-hydroxylation sites is 1.